The minimum absolute atomic E-state index is 0.0835. The highest BCUT2D eigenvalue weighted by atomic mass is 16.2. The van der Waals surface area contributed by atoms with Crippen LogP contribution in [-0.2, 0) is 9.59 Å². The van der Waals surface area contributed by atoms with Gasteiger partial charge in [0.25, 0.3) is 0 Å². The van der Waals surface area contributed by atoms with Crippen molar-refractivity contribution >= 4 is 12.1 Å². The van der Waals surface area contributed by atoms with Gasteiger partial charge in [0.2, 0.25) is 5.78 Å². The molecule has 116 valence electrons. The maximum atomic E-state index is 12.2. The summed E-state index contributed by atoms with van der Waals surface area (Å²) in [5.74, 6) is 0.0703. The number of aldehydes is 1. The normalized spacial score (nSPS) is 36.6. The van der Waals surface area contributed by atoms with Crippen LogP contribution in [0.1, 0.15) is 48.0 Å². The van der Waals surface area contributed by atoms with Gasteiger partial charge >= 0.3 is 0 Å². The molecular weight excluding hydrogens is 252 g/mol. The topological polar surface area (TPSA) is 40.6 Å². The first-order valence-electron chi connectivity index (χ1n) is 7.44. The molecule has 0 aromatic rings. The molecule has 4 heteroatoms. The minimum atomic E-state index is -0.760. The molecule has 1 aliphatic heterocycles. The van der Waals surface area contributed by atoms with Crippen molar-refractivity contribution < 1.29 is 9.59 Å². The first-order valence-corrected chi connectivity index (χ1v) is 7.44. The Bertz CT molecular complexity index is 407. The Morgan fingerprint density at radius 1 is 1.25 bits per heavy atom. The molecule has 0 N–H and O–H groups in total. The van der Waals surface area contributed by atoms with Crippen molar-refractivity contribution in [1.82, 2.24) is 9.80 Å². The van der Waals surface area contributed by atoms with E-state index in [-0.39, 0.29) is 16.9 Å². The molecule has 3 unspecified atom stereocenters. The molecule has 4 nitrogen and oxygen atoms in total. The highest BCUT2D eigenvalue weighted by Gasteiger charge is 2.60. The number of rotatable bonds is 4. The maximum absolute atomic E-state index is 12.2. The molecule has 0 bridgehead atoms. The molecule has 1 saturated heterocycles. The largest absolute Gasteiger partial charge is 0.297 e. The average molecular weight is 282 g/mol. The number of nitrogens with zero attached hydrogens (tertiary/aromatic N) is 2. The molecule has 1 fully saturated rings. The fourth-order valence-corrected chi connectivity index (χ4v) is 3.78. The molecule has 0 aromatic heterocycles. The Balaban J connectivity index is 3.44. The van der Waals surface area contributed by atoms with Crippen LogP contribution in [0.5, 0.6) is 0 Å². The number of hydrogen-bond donors (Lipinski definition) is 0. The van der Waals surface area contributed by atoms with Crippen LogP contribution in [0.3, 0.4) is 0 Å². The molecule has 0 spiro atoms. The summed E-state index contributed by atoms with van der Waals surface area (Å²) in [6, 6.07) is 0. The van der Waals surface area contributed by atoms with Crippen LogP contribution < -0.4 is 0 Å². The molecule has 0 aliphatic carbocycles. The van der Waals surface area contributed by atoms with Gasteiger partial charge in [-0.25, -0.2) is 0 Å². The SMILES string of the molecule is CCC(C)C1(C)N(C)C(C)(C(=O)C=O)CN(C)C1(C)C. The number of likely N-dealkylation sites (N-methyl/N-ethyl adjacent to an activating group) is 2. The standard InChI is InChI=1S/C16H30N2O2/c1-9-12(2)16(6)14(3,4)17(7)11-15(5,18(16)8)13(20)10-19/h10,12H,9,11H2,1-8H3. The van der Waals surface area contributed by atoms with Gasteiger partial charge in [-0.2, -0.15) is 0 Å². The summed E-state index contributed by atoms with van der Waals surface area (Å²) in [6.07, 6.45) is 1.50. The van der Waals surface area contributed by atoms with Gasteiger partial charge in [-0.15, -0.1) is 0 Å². The first-order chi connectivity index (χ1) is 9.00. The van der Waals surface area contributed by atoms with Gasteiger partial charge in [0.1, 0.15) is 0 Å². The number of carbonyl (C=O) groups excluding carboxylic acids is 2. The second kappa shape index (κ2) is 5.23. The van der Waals surface area contributed by atoms with Gasteiger partial charge in [0.15, 0.2) is 6.29 Å². The number of ketones is 1. The van der Waals surface area contributed by atoms with Crippen LogP contribution >= 0.6 is 0 Å². The van der Waals surface area contributed by atoms with Crippen molar-refractivity contribution in [3.8, 4) is 0 Å². The molecule has 0 aromatic carbocycles. The van der Waals surface area contributed by atoms with Crippen LogP contribution in [0, 0.1) is 5.92 Å². The van der Waals surface area contributed by atoms with E-state index >= 15 is 0 Å². The Morgan fingerprint density at radius 3 is 2.15 bits per heavy atom. The highest BCUT2D eigenvalue weighted by Crippen LogP contribution is 2.46. The summed E-state index contributed by atoms with van der Waals surface area (Å²) in [5.41, 5.74) is -1.04. The molecular formula is C16H30N2O2. The van der Waals surface area contributed by atoms with E-state index in [1.54, 1.807) is 0 Å². The molecule has 0 amide bonds. The predicted molar refractivity (Wildman–Crippen MR) is 81.8 cm³/mol. The summed E-state index contributed by atoms with van der Waals surface area (Å²) < 4.78 is 0. The summed E-state index contributed by atoms with van der Waals surface area (Å²) >= 11 is 0. The lowest BCUT2D eigenvalue weighted by atomic mass is 9.65. The van der Waals surface area contributed by atoms with E-state index in [0.717, 1.165) is 6.42 Å². The third kappa shape index (κ3) is 2.04. The zero-order chi connectivity index (χ0) is 15.9. The van der Waals surface area contributed by atoms with Crippen molar-refractivity contribution in [2.75, 3.05) is 20.6 Å². The fraction of sp³-hybridized carbons (Fsp3) is 0.875. The minimum Gasteiger partial charge on any atom is -0.297 e. The van der Waals surface area contributed by atoms with Crippen molar-refractivity contribution in [3.05, 3.63) is 0 Å². The monoisotopic (exact) mass is 282 g/mol. The fourth-order valence-electron chi connectivity index (χ4n) is 3.78. The molecule has 1 rings (SSSR count). The van der Waals surface area contributed by atoms with E-state index in [1.807, 2.05) is 21.0 Å². The van der Waals surface area contributed by atoms with Gasteiger partial charge in [0, 0.05) is 17.6 Å². The van der Waals surface area contributed by atoms with Crippen LogP contribution in [0.15, 0.2) is 0 Å². The van der Waals surface area contributed by atoms with Gasteiger partial charge in [-0.1, -0.05) is 20.3 Å². The lowest BCUT2D eigenvalue weighted by Gasteiger charge is -2.66. The Morgan fingerprint density at radius 2 is 1.75 bits per heavy atom. The summed E-state index contributed by atoms with van der Waals surface area (Å²) in [7, 11) is 4.03. The van der Waals surface area contributed by atoms with Gasteiger partial charge in [-0.3, -0.25) is 19.4 Å². The Hall–Kier alpha value is -0.740. The molecule has 1 aliphatic rings. The average Bonchev–Trinajstić information content (AvgIpc) is 2.41. The Kier molecular flexibility index (Phi) is 4.52. The smallest absolute Gasteiger partial charge is 0.216 e. The van der Waals surface area contributed by atoms with Crippen molar-refractivity contribution in [3.63, 3.8) is 0 Å². The summed E-state index contributed by atoms with van der Waals surface area (Å²) in [6.45, 7) is 13.5. The zero-order valence-corrected chi connectivity index (χ0v) is 14.3. The van der Waals surface area contributed by atoms with Crippen LogP contribution in [0.25, 0.3) is 0 Å². The number of hydrogen-bond acceptors (Lipinski definition) is 4. The van der Waals surface area contributed by atoms with Gasteiger partial charge in [0.05, 0.1) is 5.54 Å². The maximum Gasteiger partial charge on any atom is 0.216 e. The molecule has 0 saturated carbocycles. The molecule has 0 radical (unpaired) electrons. The van der Waals surface area contributed by atoms with Crippen LogP contribution in [0.4, 0.5) is 0 Å². The van der Waals surface area contributed by atoms with E-state index < -0.39 is 5.54 Å². The second-order valence-electron chi connectivity index (χ2n) is 7.19. The van der Waals surface area contributed by atoms with Gasteiger partial charge in [-0.05, 0) is 47.7 Å². The molecule has 1 heterocycles. The highest BCUT2D eigenvalue weighted by molar-refractivity contribution is 6.29. The van der Waals surface area contributed by atoms with E-state index in [9.17, 15) is 9.59 Å². The van der Waals surface area contributed by atoms with Crippen LogP contribution in [-0.4, -0.2) is 59.1 Å². The van der Waals surface area contributed by atoms with Crippen molar-refractivity contribution in [2.24, 2.45) is 5.92 Å². The quantitative estimate of drug-likeness (QED) is 0.584. The first kappa shape index (κ1) is 17.3. The van der Waals surface area contributed by atoms with E-state index in [0.29, 0.717) is 18.7 Å². The number of Topliss-reactive ketones (excluding diaryl/α,β-unsaturated/α-hetero) is 1. The van der Waals surface area contributed by atoms with Crippen molar-refractivity contribution in [1.29, 1.82) is 0 Å². The zero-order valence-electron chi connectivity index (χ0n) is 14.3. The Labute approximate surface area is 123 Å². The molecule has 3 atom stereocenters. The van der Waals surface area contributed by atoms with E-state index in [4.69, 9.17) is 0 Å². The third-order valence-electron chi connectivity index (χ3n) is 6.38. The third-order valence-corrected chi connectivity index (χ3v) is 6.38. The van der Waals surface area contributed by atoms with Crippen LogP contribution in [0.2, 0.25) is 0 Å². The number of piperazine rings is 1. The van der Waals surface area contributed by atoms with E-state index in [2.05, 4.69) is 44.4 Å². The lowest BCUT2D eigenvalue weighted by Crippen LogP contribution is -2.80. The summed E-state index contributed by atoms with van der Waals surface area (Å²) in [4.78, 5) is 27.7. The number of carbonyl (C=O) groups is 2. The van der Waals surface area contributed by atoms with Gasteiger partial charge < -0.3 is 0 Å². The van der Waals surface area contributed by atoms with E-state index in [1.165, 1.54) is 0 Å². The predicted octanol–water partition coefficient (Wildman–Crippen LogP) is 1.97. The van der Waals surface area contributed by atoms with Crippen molar-refractivity contribution in [2.45, 2.75) is 64.6 Å². The second-order valence-corrected chi connectivity index (χ2v) is 7.19. The summed E-state index contributed by atoms with van der Waals surface area (Å²) in [5, 5.41) is 0. The lowest BCUT2D eigenvalue weighted by molar-refractivity contribution is -0.173. The molecule has 20 heavy (non-hydrogen) atoms.